The molecule has 4 rings (SSSR count). The standard InChI is InChI=1S/C16H19N7OS/c1-7-5-19-15(25-7)21-13(24)12-9-11(22-23-12)10-8(4-16(9,2)3)6-18-14(17)20-10/h5-6,15,19H,4H2,1-3H3,(H,21,24)(H,22,23)(H2,17,18,20). The summed E-state index contributed by atoms with van der Waals surface area (Å²) in [7, 11) is 0. The fraction of sp³-hybridized carbons (Fsp3) is 0.375. The van der Waals surface area contributed by atoms with Gasteiger partial charge in [-0.15, -0.1) is 0 Å². The van der Waals surface area contributed by atoms with Gasteiger partial charge in [-0.2, -0.15) is 5.10 Å². The quantitative estimate of drug-likeness (QED) is 0.642. The smallest absolute Gasteiger partial charge is 0.274 e. The topological polar surface area (TPSA) is 122 Å². The number of allylic oxidation sites excluding steroid dienone is 1. The third-order valence-electron chi connectivity index (χ3n) is 4.41. The van der Waals surface area contributed by atoms with Crippen molar-refractivity contribution in [2.45, 2.75) is 38.1 Å². The Morgan fingerprint density at radius 3 is 3.00 bits per heavy atom. The van der Waals surface area contributed by atoms with Gasteiger partial charge in [-0.1, -0.05) is 25.6 Å². The monoisotopic (exact) mass is 357 g/mol. The number of fused-ring (bicyclic) bond motifs is 3. The highest BCUT2D eigenvalue weighted by Crippen LogP contribution is 2.42. The molecule has 2 aliphatic rings. The van der Waals surface area contributed by atoms with Gasteiger partial charge < -0.3 is 16.4 Å². The van der Waals surface area contributed by atoms with Crippen LogP contribution in [0.3, 0.4) is 0 Å². The summed E-state index contributed by atoms with van der Waals surface area (Å²) >= 11 is 1.56. The second-order valence-electron chi connectivity index (χ2n) is 6.88. The first-order valence-corrected chi connectivity index (χ1v) is 8.84. The molecule has 5 N–H and O–H groups in total. The number of hydrogen-bond donors (Lipinski definition) is 4. The molecule has 1 aliphatic heterocycles. The van der Waals surface area contributed by atoms with Crippen molar-refractivity contribution in [2.75, 3.05) is 5.73 Å². The lowest BCUT2D eigenvalue weighted by Gasteiger charge is -2.31. The van der Waals surface area contributed by atoms with Gasteiger partial charge in [0, 0.05) is 22.9 Å². The minimum Gasteiger partial charge on any atom is -0.368 e. The minimum atomic E-state index is -0.272. The highest BCUT2D eigenvalue weighted by Gasteiger charge is 2.38. The second kappa shape index (κ2) is 5.48. The van der Waals surface area contributed by atoms with Crippen molar-refractivity contribution in [3.8, 4) is 11.4 Å². The van der Waals surface area contributed by atoms with Gasteiger partial charge in [-0.25, -0.2) is 9.97 Å². The highest BCUT2D eigenvalue weighted by atomic mass is 32.2. The van der Waals surface area contributed by atoms with Gasteiger partial charge in [0.2, 0.25) is 5.95 Å². The van der Waals surface area contributed by atoms with Crippen molar-refractivity contribution >= 4 is 23.6 Å². The molecule has 8 nitrogen and oxygen atoms in total. The Balaban J connectivity index is 1.72. The zero-order valence-corrected chi connectivity index (χ0v) is 15.0. The predicted molar refractivity (Wildman–Crippen MR) is 96.5 cm³/mol. The molecule has 0 aromatic carbocycles. The van der Waals surface area contributed by atoms with Crippen molar-refractivity contribution in [1.29, 1.82) is 0 Å². The highest BCUT2D eigenvalue weighted by molar-refractivity contribution is 8.03. The Labute approximate surface area is 149 Å². The largest absolute Gasteiger partial charge is 0.368 e. The molecular formula is C16H19N7OS. The first-order valence-electron chi connectivity index (χ1n) is 7.96. The molecule has 3 heterocycles. The van der Waals surface area contributed by atoms with Crippen LogP contribution < -0.4 is 16.4 Å². The first kappa shape index (κ1) is 15.9. The predicted octanol–water partition coefficient (Wildman–Crippen LogP) is 1.49. The maximum atomic E-state index is 12.8. The molecule has 0 saturated heterocycles. The van der Waals surface area contributed by atoms with Gasteiger partial charge in [0.1, 0.15) is 0 Å². The van der Waals surface area contributed by atoms with Crippen LogP contribution in [0.15, 0.2) is 17.3 Å². The van der Waals surface area contributed by atoms with Gasteiger partial charge in [0.05, 0.1) is 11.4 Å². The summed E-state index contributed by atoms with van der Waals surface area (Å²) in [6, 6.07) is 0. The Bertz CT molecular complexity index is 902. The van der Waals surface area contributed by atoms with E-state index < -0.39 is 0 Å². The zero-order valence-electron chi connectivity index (χ0n) is 14.2. The molecule has 1 unspecified atom stereocenters. The summed E-state index contributed by atoms with van der Waals surface area (Å²) < 4.78 is 0. The van der Waals surface area contributed by atoms with Crippen LogP contribution in [-0.4, -0.2) is 31.6 Å². The number of carbonyl (C=O) groups is 1. The number of H-pyrrole nitrogens is 1. The molecule has 0 spiro atoms. The number of nitrogen functional groups attached to an aromatic ring is 1. The average Bonchev–Trinajstić information content (AvgIpc) is 3.15. The normalized spacial score (nSPS) is 20.3. The molecule has 130 valence electrons. The van der Waals surface area contributed by atoms with Crippen molar-refractivity contribution in [1.82, 2.24) is 30.8 Å². The molecule has 2 aromatic heterocycles. The van der Waals surface area contributed by atoms with Crippen molar-refractivity contribution in [2.24, 2.45) is 0 Å². The van der Waals surface area contributed by atoms with E-state index in [1.807, 2.05) is 13.1 Å². The Kier molecular flexibility index (Phi) is 3.50. The van der Waals surface area contributed by atoms with Crippen molar-refractivity contribution in [3.63, 3.8) is 0 Å². The number of nitrogens with zero attached hydrogens (tertiary/aromatic N) is 3. The molecule has 0 fully saturated rings. The van der Waals surface area contributed by atoms with Crippen LogP contribution in [0.25, 0.3) is 11.4 Å². The lowest BCUT2D eigenvalue weighted by molar-refractivity contribution is 0.0940. The van der Waals surface area contributed by atoms with E-state index in [4.69, 9.17) is 5.73 Å². The Hall–Kier alpha value is -2.55. The number of aromatic amines is 1. The summed E-state index contributed by atoms with van der Waals surface area (Å²) in [5, 5.41) is 13.3. The third-order valence-corrected chi connectivity index (χ3v) is 5.39. The van der Waals surface area contributed by atoms with E-state index in [1.165, 1.54) is 0 Å². The lowest BCUT2D eigenvalue weighted by atomic mass is 9.73. The molecule has 9 heteroatoms. The fourth-order valence-electron chi connectivity index (χ4n) is 3.37. The van der Waals surface area contributed by atoms with E-state index in [9.17, 15) is 4.79 Å². The van der Waals surface area contributed by atoms with E-state index >= 15 is 0 Å². The maximum Gasteiger partial charge on any atom is 0.274 e. The molecule has 1 atom stereocenters. The first-order chi connectivity index (χ1) is 11.8. The average molecular weight is 357 g/mol. The van der Waals surface area contributed by atoms with Crippen LogP contribution >= 0.6 is 11.8 Å². The van der Waals surface area contributed by atoms with Gasteiger partial charge in [0.15, 0.2) is 11.2 Å². The van der Waals surface area contributed by atoms with Gasteiger partial charge >= 0.3 is 0 Å². The van der Waals surface area contributed by atoms with E-state index in [1.54, 1.807) is 18.0 Å². The number of aromatic nitrogens is 4. The zero-order chi connectivity index (χ0) is 17.8. The number of hydrogen-bond acceptors (Lipinski definition) is 7. The number of carbonyl (C=O) groups excluding carboxylic acids is 1. The molecule has 1 amide bonds. The summed E-state index contributed by atoms with van der Waals surface area (Å²) in [6.07, 6.45) is 4.35. The number of thioether (sulfide) groups is 1. The summed E-state index contributed by atoms with van der Waals surface area (Å²) in [6.45, 7) is 6.17. The molecule has 0 radical (unpaired) electrons. The second-order valence-corrected chi connectivity index (χ2v) is 8.23. The molecule has 25 heavy (non-hydrogen) atoms. The van der Waals surface area contributed by atoms with E-state index in [-0.39, 0.29) is 22.8 Å². The molecular weight excluding hydrogens is 338 g/mol. The van der Waals surface area contributed by atoms with Crippen LogP contribution in [0.5, 0.6) is 0 Å². The van der Waals surface area contributed by atoms with Crippen molar-refractivity contribution in [3.05, 3.63) is 34.1 Å². The van der Waals surface area contributed by atoms with E-state index in [0.29, 0.717) is 12.1 Å². The number of nitrogens with one attached hydrogen (secondary N) is 3. The molecule has 2 aromatic rings. The lowest BCUT2D eigenvalue weighted by Crippen LogP contribution is -2.40. The van der Waals surface area contributed by atoms with Gasteiger partial charge in [0.25, 0.3) is 5.91 Å². The third kappa shape index (κ3) is 2.64. The van der Waals surface area contributed by atoms with Gasteiger partial charge in [-0.05, 0) is 24.3 Å². The fourth-order valence-corrected chi connectivity index (χ4v) is 4.18. The SMILES string of the molecule is CC1=CNC(NC(=O)c2n[nH]c3c2C(C)(C)Cc2cnc(N)nc2-3)S1. The summed E-state index contributed by atoms with van der Waals surface area (Å²) in [5.74, 6) is -0.0118. The van der Waals surface area contributed by atoms with Gasteiger partial charge in [-0.3, -0.25) is 9.89 Å². The summed E-state index contributed by atoms with van der Waals surface area (Å²) in [5.41, 5.74) is 9.01. The molecule has 1 aliphatic carbocycles. The van der Waals surface area contributed by atoms with Crippen LogP contribution in [0, 0.1) is 0 Å². The minimum absolute atomic E-state index is 0.184. The van der Waals surface area contributed by atoms with E-state index in [2.05, 4.69) is 44.6 Å². The van der Waals surface area contributed by atoms with E-state index in [0.717, 1.165) is 27.4 Å². The van der Waals surface area contributed by atoms with Crippen LogP contribution in [0.1, 0.15) is 42.4 Å². The number of amides is 1. The molecule has 0 saturated carbocycles. The van der Waals surface area contributed by atoms with Crippen molar-refractivity contribution < 1.29 is 4.79 Å². The Morgan fingerprint density at radius 1 is 1.48 bits per heavy atom. The molecule has 0 bridgehead atoms. The number of rotatable bonds is 2. The number of nitrogens with two attached hydrogens (primary N) is 1. The summed E-state index contributed by atoms with van der Waals surface area (Å²) in [4.78, 5) is 22.3. The number of anilines is 1. The Morgan fingerprint density at radius 2 is 2.28 bits per heavy atom. The van der Waals surface area contributed by atoms with Crippen LogP contribution in [0.4, 0.5) is 5.95 Å². The van der Waals surface area contributed by atoms with Crippen LogP contribution in [-0.2, 0) is 11.8 Å². The maximum absolute atomic E-state index is 12.8. The van der Waals surface area contributed by atoms with Crippen LogP contribution in [0.2, 0.25) is 0 Å².